The summed E-state index contributed by atoms with van der Waals surface area (Å²) in [6.07, 6.45) is 0.519. The van der Waals surface area contributed by atoms with E-state index in [1.54, 1.807) is 31.7 Å². The molecule has 214 valence electrons. The molecule has 0 atom stereocenters. The Morgan fingerprint density at radius 3 is 1.41 bits per heavy atom. The summed E-state index contributed by atoms with van der Waals surface area (Å²) in [5, 5.41) is 40.1. The molecule has 1 aliphatic rings. The van der Waals surface area contributed by atoms with Crippen LogP contribution in [0, 0.1) is 5.92 Å². The molecule has 4 N–H and O–H groups in total. The van der Waals surface area contributed by atoms with E-state index in [4.69, 9.17) is 0 Å². The number of isothiocyanates is 1. The van der Waals surface area contributed by atoms with Gasteiger partial charge in [0.05, 0.1) is 37.0 Å². The molecule has 2 rings (SSSR count). The SMILES string of the molecule is O=C(O)CN1CCN(CC(=O)O)CCN(CC(=O)O)CC(Cc2ccc(N=C=S)cc2)CN(CC(=O)O)CC1. The van der Waals surface area contributed by atoms with E-state index in [1.807, 2.05) is 12.1 Å². The lowest BCUT2D eigenvalue weighted by Gasteiger charge is -2.31. The molecular formula is C25H35N5O8S. The van der Waals surface area contributed by atoms with Crippen LogP contribution in [-0.4, -0.2) is 148 Å². The van der Waals surface area contributed by atoms with Gasteiger partial charge in [0.15, 0.2) is 0 Å². The topological polar surface area (TPSA) is 175 Å². The van der Waals surface area contributed by atoms with Crippen LogP contribution in [0.3, 0.4) is 0 Å². The molecule has 0 aliphatic carbocycles. The van der Waals surface area contributed by atoms with Crippen LogP contribution >= 0.6 is 12.2 Å². The van der Waals surface area contributed by atoms with Crippen molar-refractivity contribution in [2.75, 3.05) is 78.5 Å². The summed E-state index contributed by atoms with van der Waals surface area (Å²) in [5.74, 6) is -4.31. The predicted octanol–water partition coefficient (Wildman–Crippen LogP) is 0.140. The monoisotopic (exact) mass is 565 g/mol. The van der Waals surface area contributed by atoms with Crippen LogP contribution in [-0.2, 0) is 25.6 Å². The summed E-state index contributed by atoms with van der Waals surface area (Å²) in [7, 11) is 0. The van der Waals surface area contributed by atoms with Crippen molar-refractivity contribution >= 4 is 46.9 Å². The molecule has 1 aromatic rings. The smallest absolute Gasteiger partial charge is 0.317 e. The fourth-order valence-electron chi connectivity index (χ4n) is 4.63. The van der Waals surface area contributed by atoms with Gasteiger partial charge in [-0.05, 0) is 42.3 Å². The lowest BCUT2D eigenvalue weighted by atomic mass is 9.97. The normalized spacial score (nSPS) is 17.7. The number of rotatable bonds is 11. The van der Waals surface area contributed by atoms with Gasteiger partial charge in [-0.2, -0.15) is 4.99 Å². The molecule has 0 amide bonds. The highest BCUT2D eigenvalue weighted by molar-refractivity contribution is 7.78. The summed E-state index contributed by atoms with van der Waals surface area (Å²) in [4.78, 5) is 56.9. The molecule has 1 fully saturated rings. The van der Waals surface area contributed by atoms with Crippen molar-refractivity contribution in [2.45, 2.75) is 6.42 Å². The largest absolute Gasteiger partial charge is 0.480 e. The summed E-state index contributed by atoms with van der Waals surface area (Å²) in [6, 6.07) is 7.31. The number of carbonyl (C=O) groups is 4. The Labute approximate surface area is 231 Å². The highest BCUT2D eigenvalue weighted by atomic mass is 32.1. The minimum Gasteiger partial charge on any atom is -0.480 e. The molecule has 1 aliphatic heterocycles. The van der Waals surface area contributed by atoms with Crippen LogP contribution in [0.15, 0.2) is 29.3 Å². The van der Waals surface area contributed by atoms with Gasteiger partial charge in [0.2, 0.25) is 0 Å². The first-order valence-corrected chi connectivity index (χ1v) is 12.9. The van der Waals surface area contributed by atoms with Gasteiger partial charge in [-0.1, -0.05) is 12.1 Å². The van der Waals surface area contributed by atoms with E-state index in [0.29, 0.717) is 25.2 Å². The molecule has 0 radical (unpaired) electrons. The van der Waals surface area contributed by atoms with Gasteiger partial charge in [-0.25, -0.2) is 0 Å². The minimum atomic E-state index is -1.04. The summed E-state index contributed by atoms with van der Waals surface area (Å²) >= 11 is 4.64. The van der Waals surface area contributed by atoms with Crippen LogP contribution in [0.1, 0.15) is 5.56 Å². The number of nitrogens with zero attached hydrogens (tertiary/aromatic N) is 5. The van der Waals surface area contributed by atoms with Crippen molar-refractivity contribution in [1.29, 1.82) is 0 Å². The highest BCUT2D eigenvalue weighted by Crippen LogP contribution is 2.18. The first-order valence-electron chi connectivity index (χ1n) is 12.5. The molecule has 14 heteroatoms. The van der Waals surface area contributed by atoms with Gasteiger partial charge in [0.1, 0.15) is 0 Å². The molecular weight excluding hydrogens is 530 g/mol. The van der Waals surface area contributed by atoms with Gasteiger partial charge in [-0.15, -0.1) is 0 Å². The summed E-state index contributed by atoms with van der Waals surface area (Å²) < 4.78 is 0. The maximum absolute atomic E-state index is 11.7. The van der Waals surface area contributed by atoms with Crippen LogP contribution in [0.5, 0.6) is 0 Å². The molecule has 1 saturated heterocycles. The number of carboxylic acid groups (broad SMARTS) is 4. The third-order valence-electron chi connectivity index (χ3n) is 6.30. The van der Waals surface area contributed by atoms with E-state index in [1.165, 1.54) is 0 Å². The number of aliphatic carboxylic acids is 4. The van der Waals surface area contributed by atoms with Crippen molar-refractivity contribution in [1.82, 2.24) is 19.6 Å². The van der Waals surface area contributed by atoms with E-state index in [0.717, 1.165) is 5.56 Å². The molecule has 0 aromatic heterocycles. The third kappa shape index (κ3) is 13.4. The molecule has 0 saturated carbocycles. The second-order valence-electron chi connectivity index (χ2n) is 9.54. The van der Waals surface area contributed by atoms with Gasteiger partial charge >= 0.3 is 23.9 Å². The van der Waals surface area contributed by atoms with Crippen molar-refractivity contribution in [3.63, 3.8) is 0 Å². The molecule has 39 heavy (non-hydrogen) atoms. The fraction of sp³-hybridized carbons (Fsp3) is 0.560. The predicted molar refractivity (Wildman–Crippen MR) is 145 cm³/mol. The average Bonchev–Trinajstić information content (AvgIpc) is 2.84. The number of benzene rings is 1. The Kier molecular flexibility index (Phi) is 13.6. The maximum Gasteiger partial charge on any atom is 0.317 e. The second-order valence-corrected chi connectivity index (χ2v) is 9.72. The maximum atomic E-state index is 11.7. The van der Waals surface area contributed by atoms with Crippen LogP contribution in [0.4, 0.5) is 5.69 Å². The first kappa shape index (κ1) is 32.0. The van der Waals surface area contributed by atoms with Crippen molar-refractivity contribution in [2.24, 2.45) is 10.9 Å². The Morgan fingerprint density at radius 2 is 1.05 bits per heavy atom. The Bertz CT molecular complexity index is 984. The van der Waals surface area contributed by atoms with Gasteiger partial charge in [0.25, 0.3) is 0 Å². The van der Waals surface area contributed by atoms with E-state index in [-0.39, 0.29) is 71.4 Å². The number of hydrogen-bond donors (Lipinski definition) is 4. The van der Waals surface area contributed by atoms with Crippen LogP contribution < -0.4 is 0 Å². The summed E-state index contributed by atoms with van der Waals surface area (Å²) in [5.41, 5.74) is 1.58. The standard InChI is InChI=1S/C25H35N5O8S/c31-22(32)14-27-5-6-28(15-23(33)34)8-10-30(17-25(37)38)13-20(12-29(9-7-27)16-24(35)36)11-19-1-3-21(4-2-19)26-18-39/h1-4,20H,5-17H2,(H,31,32)(H,33,34)(H,35,36)(H,37,38). The summed E-state index contributed by atoms with van der Waals surface area (Å²) in [6.45, 7) is 1.23. The molecule has 13 nitrogen and oxygen atoms in total. The number of carboxylic acids is 4. The fourth-order valence-corrected chi connectivity index (χ4v) is 4.74. The lowest BCUT2D eigenvalue weighted by Crippen LogP contribution is -2.44. The third-order valence-corrected chi connectivity index (χ3v) is 6.39. The van der Waals surface area contributed by atoms with Gasteiger partial charge < -0.3 is 20.4 Å². The number of aliphatic imine (C=N–C) groups is 1. The van der Waals surface area contributed by atoms with E-state index >= 15 is 0 Å². The second kappa shape index (κ2) is 16.6. The Balaban J connectivity index is 2.38. The molecule has 0 spiro atoms. The molecule has 0 bridgehead atoms. The number of hydrogen-bond acceptors (Lipinski definition) is 10. The molecule has 1 aromatic carbocycles. The minimum absolute atomic E-state index is 0.176. The van der Waals surface area contributed by atoms with Crippen LogP contribution in [0.2, 0.25) is 0 Å². The first-order chi connectivity index (χ1) is 18.5. The molecule has 1 heterocycles. The van der Waals surface area contributed by atoms with E-state index in [2.05, 4.69) is 22.4 Å². The number of thiocarbonyl (C=S) groups is 1. The quantitative estimate of drug-likeness (QED) is 0.211. The average molecular weight is 566 g/mol. The zero-order valence-corrected chi connectivity index (χ0v) is 22.5. The van der Waals surface area contributed by atoms with Crippen molar-refractivity contribution < 1.29 is 39.6 Å². The van der Waals surface area contributed by atoms with E-state index in [9.17, 15) is 39.6 Å². The van der Waals surface area contributed by atoms with Gasteiger partial charge in [-0.3, -0.25) is 38.8 Å². The van der Waals surface area contributed by atoms with Gasteiger partial charge in [0, 0.05) is 52.4 Å². The molecule has 0 unspecified atom stereocenters. The zero-order chi connectivity index (χ0) is 28.8. The zero-order valence-electron chi connectivity index (χ0n) is 21.6. The Hall–Kier alpha value is -3.26. The Morgan fingerprint density at radius 1 is 0.692 bits per heavy atom. The lowest BCUT2D eigenvalue weighted by molar-refractivity contribution is -0.140. The van der Waals surface area contributed by atoms with Crippen LogP contribution in [0.25, 0.3) is 0 Å². The van der Waals surface area contributed by atoms with Crippen molar-refractivity contribution in [3.8, 4) is 0 Å². The van der Waals surface area contributed by atoms with Crippen molar-refractivity contribution in [3.05, 3.63) is 29.8 Å². The highest BCUT2D eigenvalue weighted by Gasteiger charge is 2.24. The van der Waals surface area contributed by atoms with E-state index < -0.39 is 23.9 Å².